The molecule has 0 atom stereocenters. The van der Waals surface area contributed by atoms with Gasteiger partial charge in [-0.05, 0) is 66.7 Å². The van der Waals surface area contributed by atoms with Gasteiger partial charge < -0.3 is 9.13 Å². The Morgan fingerprint density at radius 3 is 1.23 bits per heavy atom. The van der Waals surface area contributed by atoms with Crippen molar-refractivity contribution < 1.29 is 0 Å². The highest BCUT2D eigenvalue weighted by atomic mass is 15.3. The van der Waals surface area contributed by atoms with E-state index in [1.54, 1.807) is 0 Å². The fourth-order valence-corrected chi connectivity index (χ4v) is 11.9. The van der Waals surface area contributed by atoms with Crippen LogP contribution in [0.1, 0.15) is 0 Å². The first-order valence-electron chi connectivity index (χ1n) is 24.7. The van der Waals surface area contributed by atoms with Gasteiger partial charge in [-0.2, -0.15) is 4.98 Å². The zero-order valence-electron chi connectivity index (χ0n) is 39.2. The average molecular weight is 933 g/mol. The maximum absolute atomic E-state index is 5.90. The van der Waals surface area contributed by atoms with Crippen LogP contribution in [0.25, 0.3) is 139 Å². The Hall–Kier alpha value is -10.1. The average Bonchev–Trinajstić information content (AvgIpc) is 4.26. The molecular formula is C65H40N8. The highest BCUT2D eigenvalue weighted by Crippen LogP contribution is 2.45. The van der Waals surface area contributed by atoms with Gasteiger partial charge in [0.05, 0.1) is 49.8 Å². The van der Waals surface area contributed by atoms with Gasteiger partial charge in [0.1, 0.15) is 5.69 Å². The summed E-state index contributed by atoms with van der Waals surface area (Å²) in [4.78, 5) is 17.2. The zero-order valence-corrected chi connectivity index (χ0v) is 39.2. The van der Waals surface area contributed by atoms with Crippen LogP contribution in [0.5, 0.6) is 0 Å². The molecule has 0 N–H and O–H groups in total. The van der Waals surface area contributed by atoms with Crippen LogP contribution in [0, 0.1) is 0 Å². The lowest BCUT2D eigenvalue weighted by Crippen LogP contribution is -2.08. The number of hydrogen-bond acceptors (Lipinski definition) is 3. The molecule has 0 aliphatic heterocycles. The molecule has 10 aromatic carbocycles. The van der Waals surface area contributed by atoms with Gasteiger partial charge in [-0.1, -0.05) is 176 Å². The van der Waals surface area contributed by atoms with Crippen molar-refractivity contribution in [3.05, 3.63) is 243 Å². The van der Waals surface area contributed by atoms with Crippen LogP contribution in [-0.4, -0.2) is 37.8 Å². The number of hydrogen-bond donors (Lipinski definition) is 0. The van der Waals surface area contributed by atoms with Gasteiger partial charge in [0.25, 0.3) is 0 Å². The third-order valence-corrected chi connectivity index (χ3v) is 14.9. The summed E-state index contributed by atoms with van der Waals surface area (Å²) in [7, 11) is 0. The van der Waals surface area contributed by atoms with E-state index >= 15 is 0 Å². The second kappa shape index (κ2) is 15.2. The maximum Gasteiger partial charge on any atom is 0.223 e. The molecule has 0 aliphatic rings. The molecule has 8 nitrogen and oxygen atoms in total. The van der Waals surface area contributed by atoms with E-state index in [4.69, 9.17) is 15.0 Å². The molecule has 6 heterocycles. The van der Waals surface area contributed by atoms with E-state index in [1.165, 1.54) is 16.2 Å². The molecule has 16 rings (SSSR count). The van der Waals surface area contributed by atoms with E-state index in [0.29, 0.717) is 23.1 Å². The van der Waals surface area contributed by atoms with Gasteiger partial charge in [-0.15, -0.1) is 0 Å². The highest BCUT2D eigenvalue weighted by Gasteiger charge is 2.29. The summed E-state index contributed by atoms with van der Waals surface area (Å²) >= 11 is 0. The van der Waals surface area contributed by atoms with Crippen molar-refractivity contribution in [1.82, 2.24) is 37.8 Å². The number of rotatable bonds is 6. The lowest BCUT2D eigenvalue weighted by atomic mass is 10.1. The number of fused-ring (bicyclic) bond motifs is 15. The smallest absolute Gasteiger partial charge is 0.223 e. The second-order valence-electron chi connectivity index (χ2n) is 18.8. The normalized spacial score (nSPS) is 12.1. The van der Waals surface area contributed by atoms with Crippen molar-refractivity contribution in [3.63, 3.8) is 0 Å². The molecule has 0 fully saturated rings. The Bertz CT molecular complexity index is 4890. The first-order valence-corrected chi connectivity index (χ1v) is 24.7. The quantitative estimate of drug-likeness (QED) is 0.167. The molecule has 73 heavy (non-hydrogen) atoms. The monoisotopic (exact) mass is 932 g/mol. The topological polar surface area (TPSA) is 63.3 Å². The Morgan fingerprint density at radius 1 is 0.260 bits per heavy atom. The highest BCUT2D eigenvalue weighted by molar-refractivity contribution is 6.27. The summed E-state index contributed by atoms with van der Waals surface area (Å²) < 4.78 is 11.7. The van der Waals surface area contributed by atoms with Crippen LogP contribution < -0.4 is 0 Å². The molecule has 0 unspecified atom stereocenters. The van der Waals surface area contributed by atoms with Crippen LogP contribution in [0.3, 0.4) is 0 Å². The van der Waals surface area contributed by atoms with Crippen LogP contribution in [0.15, 0.2) is 243 Å². The molecule has 0 spiro atoms. The van der Waals surface area contributed by atoms with Gasteiger partial charge in [0.15, 0.2) is 11.5 Å². The summed E-state index contributed by atoms with van der Waals surface area (Å²) in [5, 5.41) is 9.28. The Labute approximate surface area is 417 Å². The molecule has 0 saturated carbocycles. The number of aromatic nitrogens is 8. The molecule has 6 aromatic heterocycles. The lowest BCUT2D eigenvalue weighted by Gasteiger charge is -2.15. The van der Waals surface area contributed by atoms with Crippen molar-refractivity contribution in [2.75, 3.05) is 0 Å². The molecule has 0 amide bonds. The predicted molar refractivity (Wildman–Crippen MR) is 299 cm³/mol. The van der Waals surface area contributed by atoms with Crippen molar-refractivity contribution in [1.29, 1.82) is 0 Å². The van der Waals surface area contributed by atoms with Gasteiger partial charge >= 0.3 is 0 Å². The Morgan fingerprint density at radius 2 is 0.671 bits per heavy atom. The summed E-state index contributed by atoms with van der Waals surface area (Å²) in [6.45, 7) is 0. The predicted octanol–water partition coefficient (Wildman–Crippen LogP) is 15.9. The standard InChI is InChI=1S/C65H40N8/c1-5-21-41(22-6-1)58-63(72-55-36-20-16-32-51(55)57-56(72)40-39-48-45-29-13-17-33-52(45)69(59(48)57)42-23-7-2-8-24-42)68-64-62(66-58)67-65(71(64)44-27-11-4-12-28-44)73-54-35-19-15-31-47(54)50-38-37-49-46-30-14-18-34-53(46)70(60(49)61(50)73)43-25-9-3-10-26-43/h1-40H. The number of nitrogens with zero attached hydrogens (tertiary/aromatic N) is 8. The largest absolute Gasteiger partial charge is 0.309 e. The third-order valence-electron chi connectivity index (χ3n) is 14.9. The number of imidazole rings is 1. The first-order chi connectivity index (χ1) is 36.3. The molecule has 8 heteroatoms. The van der Waals surface area contributed by atoms with Crippen molar-refractivity contribution in [3.8, 4) is 40.1 Å². The fraction of sp³-hybridized carbons (Fsp3) is 0. The Kier molecular flexibility index (Phi) is 8.29. The van der Waals surface area contributed by atoms with Crippen LogP contribution >= 0.6 is 0 Å². The molecule has 0 aliphatic carbocycles. The molecular weight excluding hydrogens is 893 g/mol. The zero-order chi connectivity index (χ0) is 47.7. The van der Waals surface area contributed by atoms with E-state index in [1.807, 2.05) is 0 Å². The molecule has 0 saturated heterocycles. The minimum atomic E-state index is 0.538. The van der Waals surface area contributed by atoms with Gasteiger partial charge in [0.2, 0.25) is 11.6 Å². The third kappa shape index (κ3) is 5.57. The Balaban J connectivity index is 1.07. The fourth-order valence-electron chi connectivity index (χ4n) is 11.9. The van der Waals surface area contributed by atoms with E-state index in [9.17, 15) is 0 Å². The first kappa shape index (κ1) is 39.8. The maximum atomic E-state index is 5.90. The van der Waals surface area contributed by atoms with Crippen molar-refractivity contribution >= 4 is 98.5 Å². The van der Waals surface area contributed by atoms with Crippen LogP contribution in [0.2, 0.25) is 0 Å². The summed E-state index contributed by atoms with van der Waals surface area (Å²) in [6, 6.07) is 86.3. The SMILES string of the molecule is c1ccc(-c2nc3nc(-n4c5ccccc5c5ccc6c7ccccc7n(-c7ccccc7)c6c54)n(-c4ccccc4)c3nc2-n2c3ccccc3c3c2ccc2c4ccccc4n(-c4ccccc4)c23)cc1. The lowest BCUT2D eigenvalue weighted by molar-refractivity contribution is 0.944. The van der Waals surface area contributed by atoms with Gasteiger partial charge in [-0.3, -0.25) is 13.7 Å². The molecule has 340 valence electrons. The van der Waals surface area contributed by atoms with Gasteiger partial charge in [-0.25, -0.2) is 9.97 Å². The van der Waals surface area contributed by atoms with E-state index in [-0.39, 0.29) is 0 Å². The molecule has 16 aromatic rings. The molecule has 0 bridgehead atoms. The number of para-hydroxylation sites is 7. The summed E-state index contributed by atoms with van der Waals surface area (Å²) in [5.41, 5.74) is 14.7. The minimum absolute atomic E-state index is 0.538. The second-order valence-corrected chi connectivity index (χ2v) is 18.8. The van der Waals surface area contributed by atoms with Crippen molar-refractivity contribution in [2.24, 2.45) is 0 Å². The van der Waals surface area contributed by atoms with E-state index < -0.39 is 0 Å². The van der Waals surface area contributed by atoms with E-state index in [0.717, 1.165) is 99.4 Å². The van der Waals surface area contributed by atoms with Crippen LogP contribution in [-0.2, 0) is 0 Å². The van der Waals surface area contributed by atoms with Crippen molar-refractivity contribution in [2.45, 2.75) is 0 Å². The van der Waals surface area contributed by atoms with Crippen LogP contribution in [0.4, 0.5) is 0 Å². The van der Waals surface area contributed by atoms with E-state index in [2.05, 4.69) is 265 Å². The summed E-state index contributed by atoms with van der Waals surface area (Å²) in [6.07, 6.45) is 0. The summed E-state index contributed by atoms with van der Waals surface area (Å²) in [5.74, 6) is 1.40. The number of benzene rings is 10. The van der Waals surface area contributed by atoms with Gasteiger partial charge in [0, 0.05) is 60.0 Å². The molecule has 0 radical (unpaired) electrons. The minimum Gasteiger partial charge on any atom is -0.309 e.